The average molecular weight is 525 g/mol. The summed E-state index contributed by atoms with van der Waals surface area (Å²) < 4.78 is 0.690. The van der Waals surface area contributed by atoms with E-state index < -0.39 is 11.9 Å². The number of nitrogens with zero attached hydrogens (tertiary/aromatic N) is 5. The van der Waals surface area contributed by atoms with E-state index in [-0.39, 0.29) is 11.3 Å². The van der Waals surface area contributed by atoms with Crippen molar-refractivity contribution < 1.29 is 14.7 Å². The van der Waals surface area contributed by atoms with Crippen LogP contribution in [0.15, 0.2) is 94.4 Å². The van der Waals surface area contributed by atoms with Crippen LogP contribution in [0.2, 0.25) is 0 Å². The summed E-state index contributed by atoms with van der Waals surface area (Å²) in [6.45, 7) is 0. The number of anilines is 2. The van der Waals surface area contributed by atoms with Gasteiger partial charge in [0, 0.05) is 16.5 Å². The molecule has 0 radical (unpaired) electrons. The van der Waals surface area contributed by atoms with Gasteiger partial charge >= 0.3 is 11.9 Å². The average Bonchev–Trinajstić information content (AvgIpc) is 3.65. The first-order chi connectivity index (χ1) is 18.1. The molecule has 37 heavy (non-hydrogen) atoms. The highest BCUT2D eigenvalue weighted by molar-refractivity contribution is 7.22. The molecule has 0 atom stereocenters. The van der Waals surface area contributed by atoms with Crippen molar-refractivity contribution in [1.29, 1.82) is 0 Å². The van der Waals surface area contributed by atoms with Crippen molar-refractivity contribution in [1.82, 2.24) is 9.97 Å². The fraction of sp³-hybridized carbons (Fsp3) is 0. The van der Waals surface area contributed by atoms with Crippen LogP contribution in [-0.2, 0) is 4.79 Å². The maximum atomic E-state index is 13.5. The van der Waals surface area contributed by atoms with E-state index in [2.05, 4.69) is 25.6 Å². The predicted octanol–water partition coefficient (Wildman–Crippen LogP) is 5.34. The van der Waals surface area contributed by atoms with E-state index >= 15 is 0 Å². The number of nitrogens with one attached hydrogen (secondary N) is 1. The molecule has 0 saturated heterocycles. The standard InChI is InChI=1S/C26H16N6O3S2/c33-23-22(29-30-25-27-18-12-11-17(24(34)35)13-20(18)37-25)21(16-9-5-2-6-10-16)31-32(23)26-28-19(14-36-26)15-7-3-1-4-8-15/h1-14H,(H,27,30)(H,34,35)/b29-22-. The topological polar surface area (TPSA) is 120 Å². The first kappa shape index (κ1) is 22.7. The summed E-state index contributed by atoms with van der Waals surface area (Å²) in [7, 11) is 0. The van der Waals surface area contributed by atoms with Crippen LogP contribution in [0.3, 0.4) is 0 Å². The second-order valence-corrected chi connectivity index (χ2v) is 9.76. The molecule has 3 heterocycles. The summed E-state index contributed by atoms with van der Waals surface area (Å²) in [4.78, 5) is 33.8. The van der Waals surface area contributed by atoms with E-state index in [4.69, 9.17) is 0 Å². The fourth-order valence-electron chi connectivity index (χ4n) is 3.73. The zero-order valence-corrected chi connectivity index (χ0v) is 20.5. The second-order valence-electron chi connectivity index (χ2n) is 7.89. The number of aromatic nitrogens is 2. The molecule has 0 saturated carbocycles. The number of amides is 1. The van der Waals surface area contributed by atoms with Gasteiger partial charge in [-0.15, -0.1) is 11.3 Å². The Balaban J connectivity index is 1.34. The van der Waals surface area contributed by atoms with Crippen molar-refractivity contribution in [3.05, 3.63) is 95.4 Å². The van der Waals surface area contributed by atoms with Gasteiger partial charge in [-0.25, -0.2) is 14.8 Å². The third-order valence-corrected chi connectivity index (χ3v) is 7.25. The van der Waals surface area contributed by atoms with Crippen LogP contribution in [0.25, 0.3) is 21.5 Å². The van der Waals surface area contributed by atoms with Gasteiger partial charge in [-0.2, -0.15) is 15.2 Å². The van der Waals surface area contributed by atoms with Crippen LogP contribution in [-0.4, -0.2) is 38.4 Å². The number of hydrazone groups is 2. The van der Waals surface area contributed by atoms with Gasteiger partial charge < -0.3 is 5.11 Å². The lowest BCUT2D eigenvalue weighted by molar-refractivity contribution is -0.112. The second kappa shape index (κ2) is 9.37. The smallest absolute Gasteiger partial charge is 0.335 e. The first-order valence-electron chi connectivity index (χ1n) is 11.0. The van der Waals surface area contributed by atoms with Crippen LogP contribution in [0.1, 0.15) is 15.9 Å². The monoisotopic (exact) mass is 524 g/mol. The Labute approximate surface area is 218 Å². The van der Waals surface area contributed by atoms with E-state index in [1.165, 1.54) is 33.7 Å². The van der Waals surface area contributed by atoms with Crippen molar-refractivity contribution in [2.75, 3.05) is 10.4 Å². The van der Waals surface area contributed by atoms with Crippen LogP contribution in [0, 0.1) is 0 Å². The summed E-state index contributed by atoms with van der Waals surface area (Å²) in [5, 5.41) is 22.2. The van der Waals surface area contributed by atoms with Crippen molar-refractivity contribution in [3.63, 3.8) is 0 Å². The Hall–Kier alpha value is -4.74. The highest BCUT2D eigenvalue weighted by Crippen LogP contribution is 2.31. The van der Waals surface area contributed by atoms with Gasteiger partial charge in [0.05, 0.1) is 21.5 Å². The molecule has 5 aromatic rings. The molecule has 6 rings (SSSR count). The van der Waals surface area contributed by atoms with E-state index in [0.717, 1.165) is 16.8 Å². The number of fused-ring (bicyclic) bond motifs is 1. The highest BCUT2D eigenvalue weighted by atomic mass is 32.1. The molecule has 2 aromatic heterocycles. The zero-order chi connectivity index (χ0) is 25.4. The van der Waals surface area contributed by atoms with Gasteiger partial charge in [0.2, 0.25) is 10.3 Å². The number of hydrogen-bond acceptors (Lipinski definition) is 9. The predicted molar refractivity (Wildman–Crippen MR) is 146 cm³/mol. The van der Waals surface area contributed by atoms with Crippen LogP contribution in [0.4, 0.5) is 10.3 Å². The molecular weight excluding hydrogens is 508 g/mol. The number of thiazole rings is 2. The summed E-state index contributed by atoms with van der Waals surface area (Å²) in [6.07, 6.45) is 0. The van der Waals surface area contributed by atoms with Crippen LogP contribution >= 0.6 is 22.7 Å². The van der Waals surface area contributed by atoms with E-state index in [9.17, 15) is 14.7 Å². The van der Waals surface area contributed by atoms with Crippen molar-refractivity contribution in [2.24, 2.45) is 10.2 Å². The molecule has 0 aliphatic carbocycles. The van der Waals surface area contributed by atoms with E-state index in [1.54, 1.807) is 12.1 Å². The lowest BCUT2D eigenvalue weighted by atomic mass is 10.1. The summed E-state index contributed by atoms with van der Waals surface area (Å²) in [6, 6.07) is 23.7. The third-order valence-electron chi connectivity index (χ3n) is 5.51. The van der Waals surface area contributed by atoms with Crippen molar-refractivity contribution in [3.8, 4) is 11.3 Å². The molecule has 3 aromatic carbocycles. The fourth-order valence-corrected chi connectivity index (χ4v) is 5.36. The minimum Gasteiger partial charge on any atom is -0.478 e. The number of carboxylic acids is 1. The molecule has 1 aliphatic rings. The number of carbonyl (C=O) groups is 2. The number of benzene rings is 3. The SMILES string of the molecule is O=C(O)c1ccc2nc(N/N=C3\C(=O)N(c4nc(-c5ccccc5)cs4)N=C3c3ccccc3)sc2c1. The van der Waals surface area contributed by atoms with Gasteiger partial charge in [0.25, 0.3) is 0 Å². The zero-order valence-electron chi connectivity index (χ0n) is 18.9. The lowest BCUT2D eigenvalue weighted by Crippen LogP contribution is -2.28. The minimum atomic E-state index is -1.01. The van der Waals surface area contributed by atoms with E-state index in [1.807, 2.05) is 66.0 Å². The van der Waals surface area contributed by atoms with Gasteiger partial charge in [0.1, 0.15) is 5.71 Å². The molecule has 2 N–H and O–H groups in total. The number of aromatic carboxylic acids is 1. The van der Waals surface area contributed by atoms with Gasteiger partial charge in [-0.05, 0) is 18.2 Å². The van der Waals surface area contributed by atoms with Crippen LogP contribution in [0.5, 0.6) is 0 Å². The summed E-state index contributed by atoms with van der Waals surface area (Å²) >= 11 is 2.56. The summed E-state index contributed by atoms with van der Waals surface area (Å²) in [5.41, 5.74) is 6.62. The van der Waals surface area contributed by atoms with Gasteiger partial charge in [-0.1, -0.05) is 72.0 Å². The molecule has 0 unspecified atom stereocenters. The lowest BCUT2D eigenvalue weighted by Gasteiger charge is -2.06. The Morgan fingerprint density at radius 2 is 1.68 bits per heavy atom. The Kier molecular flexibility index (Phi) is 5.75. The molecule has 180 valence electrons. The number of carboxylic acid groups (broad SMARTS) is 1. The number of carbonyl (C=O) groups excluding carboxylic acids is 1. The largest absolute Gasteiger partial charge is 0.478 e. The normalized spacial score (nSPS) is 14.4. The quantitative estimate of drug-likeness (QED) is 0.290. The first-order valence-corrected chi connectivity index (χ1v) is 12.7. The molecule has 0 fully saturated rings. The minimum absolute atomic E-state index is 0.119. The third kappa shape index (κ3) is 4.37. The Bertz CT molecular complexity index is 1710. The molecule has 1 aliphatic heterocycles. The Morgan fingerprint density at radius 3 is 2.41 bits per heavy atom. The van der Waals surface area contributed by atoms with E-state index in [0.29, 0.717) is 26.2 Å². The molecule has 0 spiro atoms. The number of rotatable bonds is 6. The molecular formula is C26H16N6O3S2. The van der Waals surface area contributed by atoms with Gasteiger partial charge in [-0.3, -0.25) is 10.2 Å². The number of hydrogen-bond donors (Lipinski definition) is 2. The molecule has 9 nitrogen and oxygen atoms in total. The van der Waals surface area contributed by atoms with Crippen molar-refractivity contribution >= 4 is 66.5 Å². The van der Waals surface area contributed by atoms with Gasteiger partial charge in [0.15, 0.2) is 5.71 Å². The molecule has 1 amide bonds. The van der Waals surface area contributed by atoms with Crippen LogP contribution < -0.4 is 10.4 Å². The molecule has 11 heteroatoms. The Morgan fingerprint density at radius 1 is 0.946 bits per heavy atom. The highest BCUT2D eigenvalue weighted by Gasteiger charge is 2.35. The molecule has 0 bridgehead atoms. The maximum absolute atomic E-state index is 13.5. The summed E-state index contributed by atoms with van der Waals surface area (Å²) in [5.74, 6) is -1.43. The van der Waals surface area contributed by atoms with Crippen molar-refractivity contribution in [2.45, 2.75) is 0 Å². The maximum Gasteiger partial charge on any atom is 0.335 e.